The summed E-state index contributed by atoms with van der Waals surface area (Å²) >= 11 is -1.45. The van der Waals surface area contributed by atoms with Gasteiger partial charge < -0.3 is 13.7 Å². The van der Waals surface area contributed by atoms with Crippen molar-refractivity contribution in [2.24, 2.45) is 0 Å². The number of aromatic nitrogens is 3. The van der Waals surface area contributed by atoms with Crippen LogP contribution in [0.1, 0.15) is 5.69 Å². The van der Waals surface area contributed by atoms with E-state index in [0.717, 1.165) is 0 Å². The van der Waals surface area contributed by atoms with E-state index in [0.29, 0.717) is 22.9 Å². The van der Waals surface area contributed by atoms with Gasteiger partial charge in [-0.2, -0.15) is 0 Å². The Kier molecular flexibility index (Phi) is 5.11. The van der Waals surface area contributed by atoms with Gasteiger partial charge >= 0.3 is 5.22 Å². The van der Waals surface area contributed by atoms with Crippen molar-refractivity contribution in [3.05, 3.63) is 54.4 Å². The Labute approximate surface area is 142 Å². The van der Waals surface area contributed by atoms with Crippen LogP contribution in [0.3, 0.4) is 0 Å². The Balaban J connectivity index is 1.69. The van der Waals surface area contributed by atoms with Crippen molar-refractivity contribution in [3.63, 3.8) is 0 Å². The summed E-state index contributed by atoms with van der Waals surface area (Å²) in [6, 6.07) is 12.5. The highest BCUT2D eigenvalue weighted by molar-refractivity contribution is 7.90. The lowest BCUT2D eigenvalue weighted by atomic mass is 10.2. The third-order valence-electron chi connectivity index (χ3n) is 3.03. The lowest BCUT2D eigenvalue weighted by Crippen LogP contribution is -2.06. The zero-order valence-corrected chi connectivity index (χ0v) is 13.4. The van der Waals surface area contributed by atoms with Gasteiger partial charge in [-0.1, -0.05) is 17.1 Å². The number of hydrogen-bond donors (Lipinski definition) is 0. The Morgan fingerprint density at radius 2 is 2.00 bits per heavy atom. The summed E-state index contributed by atoms with van der Waals surface area (Å²) in [6.45, 7) is 0.205. The van der Waals surface area contributed by atoms with Gasteiger partial charge in [-0.3, -0.25) is 4.98 Å². The number of nitrogens with zero attached hydrogens (tertiary/aromatic N) is 3. The topological polar surface area (TPSA) is 84.1 Å². The predicted molar refractivity (Wildman–Crippen MR) is 88.4 cm³/mol. The van der Waals surface area contributed by atoms with Crippen LogP contribution in [0, 0.1) is 12.3 Å². The number of rotatable bonds is 6. The Morgan fingerprint density at radius 3 is 2.71 bits per heavy atom. The smallest absolute Gasteiger partial charge is 0.436 e. The number of pyridine rings is 1. The van der Waals surface area contributed by atoms with Crippen LogP contribution in [-0.2, 0) is 16.9 Å². The van der Waals surface area contributed by atoms with Crippen molar-refractivity contribution in [3.8, 4) is 29.5 Å². The molecule has 2 heterocycles. The molecule has 0 bridgehead atoms. The molecule has 0 aliphatic carbocycles. The van der Waals surface area contributed by atoms with Crippen LogP contribution in [0.4, 0.5) is 0 Å². The molecular formula is C17H13N3O3S. The van der Waals surface area contributed by atoms with Crippen LogP contribution in [-0.4, -0.2) is 26.3 Å². The van der Waals surface area contributed by atoms with E-state index < -0.39 is 11.2 Å². The van der Waals surface area contributed by atoms with Crippen molar-refractivity contribution in [2.75, 3.05) is 6.61 Å². The third kappa shape index (κ3) is 3.93. The number of hydrogen-bond acceptors (Lipinski definition) is 6. The van der Waals surface area contributed by atoms with Gasteiger partial charge in [0.05, 0.1) is 16.9 Å². The summed E-state index contributed by atoms with van der Waals surface area (Å²) in [6.07, 6.45) is 6.79. The third-order valence-corrected chi connectivity index (χ3v) is 4.14. The molecule has 120 valence electrons. The van der Waals surface area contributed by atoms with E-state index in [-0.39, 0.29) is 17.6 Å². The maximum absolute atomic E-state index is 12.3. The summed E-state index contributed by atoms with van der Waals surface area (Å²) in [4.78, 5) is 4.13. The largest absolute Gasteiger partial charge is 0.607 e. The first-order valence-electron chi connectivity index (χ1n) is 7.05. The molecule has 3 aromatic rings. The normalized spacial score (nSPS) is 11.7. The summed E-state index contributed by atoms with van der Waals surface area (Å²) in [5.41, 5.74) is 1.40. The van der Waals surface area contributed by atoms with E-state index in [1.807, 2.05) is 6.07 Å². The molecule has 0 amide bonds. The van der Waals surface area contributed by atoms with Crippen LogP contribution in [0.5, 0.6) is 5.75 Å². The molecular weight excluding hydrogens is 326 g/mol. The molecule has 24 heavy (non-hydrogen) atoms. The van der Waals surface area contributed by atoms with Gasteiger partial charge in [0.2, 0.25) is 0 Å². The molecule has 7 heteroatoms. The van der Waals surface area contributed by atoms with Crippen LogP contribution in [0.2, 0.25) is 0 Å². The predicted octanol–water partition coefficient (Wildman–Crippen LogP) is 2.45. The molecule has 6 nitrogen and oxygen atoms in total. The molecule has 2 aromatic heterocycles. The molecule has 0 unspecified atom stereocenters. The molecule has 0 spiro atoms. The number of benzene rings is 1. The molecule has 1 aromatic carbocycles. The van der Waals surface area contributed by atoms with Gasteiger partial charge in [-0.25, -0.2) is 0 Å². The van der Waals surface area contributed by atoms with E-state index in [4.69, 9.17) is 15.6 Å². The van der Waals surface area contributed by atoms with Gasteiger partial charge in [-0.05, 0) is 36.4 Å². The highest BCUT2D eigenvalue weighted by Gasteiger charge is 2.21. The van der Waals surface area contributed by atoms with Crippen molar-refractivity contribution in [1.82, 2.24) is 15.2 Å². The quantitative estimate of drug-likeness (QED) is 0.507. The first-order chi connectivity index (χ1) is 11.8. The average Bonchev–Trinajstić information content (AvgIpc) is 3.11. The first-order valence-corrected chi connectivity index (χ1v) is 8.36. The van der Waals surface area contributed by atoms with Gasteiger partial charge in [0, 0.05) is 11.8 Å². The number of terminal acetylenes is 1. The number of ether oxygens (including phenoxy) is 1. The second-order valence-corrected chi connectivity index (χ2v) is 6.03. The van der Waals surface area contributed by atoms with Gasteiger partial charge in [0.15, 0.2) is 5.75 Å². The highest BCUT2D eigenvalue weighted by atomic mass is 32.2. The zero-order chi connectivity index (χ0) is 16.8. The minimum Gasteiger partial charge on any atom is -0.607 e. The average molecular weight is 339 g/mol. The monoisotopic (exact) mass is 339 g/mol. The van der Waals surface area contributed by atoms with E-state index in [9.17, 15) is 4.55 Å². The molecule has 0 fully saturated rings. The van der Waals surface area contributed by atoms with Crippen molar-refractivity contribution in [2.45, 2.75) is 11.0 Å². The van der Waals surface area contributed by atoms with E-state index in [1.54, 1.807) is 42.6 Å². The fraction of sp³-hybridized carbons (Fsp3) is 0.118. The summed E-state index contributed by atoms with van der Waals surface area (Å²) in [5, 5.41) is 7.87. The summed E-state index contributed by atoms with van der Waals surface area (Å²) < 4.78 is 23.1. The van der Waals surface area contributed by atoms with Gasteiger partial charge in [-0.15, -0.1) is 11.5 Å². The minimum atomic E-state index is -1.45. The summed E-state index contributed by atoms with van der Waals surface area (Å²) in [5.74, 6) is 3.56. The molecule has 3 rings (SSSR count). The molecule has 0 aliphatic rings. The van der Waals surface area contributed by atoms with Crippen molar-refractivity contribution in [1.29, 1.82) is 0 Å². The van der Waals surface area contributed by atoms with Crippen LogP contribution in [0.15, 0.2) is 58.3 Å². The second-order valence-electron chi connectivity index (χ2n) is 4.70. The van der Waals surface area contributed by atoms with E-state index >= 15 is 0 Å². The fourth-order valence-corrected chi connectivity index (χ4v) is 2.78. The van der Waals surface area contributed by atoms with Crippen molar-refractivity contribution >= 4 is 11.2 Å². The van der Waals surface area contributed by atoms with Crippen LogP contribution >= 0.6 is 0 Å². The standard InChI is InChI=1S/C17H13N3O3S/c1-2-11-22-15-8-6-13(7-9-15)16-19-20-17(23-16)24(21)12-14-5-3-4-10-18-14/h1,3-10H,11-12H2/t24-/m0/s1. The lowest BCUT2D eigenvalue weighted by molar-refractivity contribution is 0.370. The van der Waals surface area contributed by atoms with Gasteiger partial charge in [0.1, 0.15) is 12.4 Å². The first kappa shape index (κ1) is 16.1. The maximum Gasteiger partial charge on any atom is 0.436 e. The maximum atomic E-state index is 12.3. The van der Waals surface area contributed by atoms with Crippen molar-refractivity contribution < 1.29 is 13.7 Å². The van der Waals surface area contributed by atoms with E-state index in [2.05, 4.69) is 21.1 Å². The molecule has 0 N–H and O–H groups in total. The Bertz CT molecular complexity index is 828. The van der Waals surface area contributed by atoms with Crippen LogP contribution < -0.4 is 4.74 Å². The van der Waals surface area contributed by atoms with Gasteiger partial charge in [0.25, 0.3) is 5.89 Å². The fourth-order valence-electron chi connectivity index (χ4n) is 1.92. The molecule has 0 radical (unpaired) electrons. The molecule has 0 saturated carbocycles. The summed E-state index contributed by atoms with van der Waals surface area (Å²) in [7, 11) is 0. The highest BCUT2D eigenvalue weighted by Crippen LogP contribution is 2.23. The minimum absolute atomic E-state index is 0.0725. The lowest BCUT2D eigenvalue weighted by Gasteiger charge is -2.04. The SMILES string of the molecule is C#CCOc1ccc(-c2nnc([S@@+]([O-])Cc3ccccn3)o2)cc1. The second kappa shape index (κ2) is 7.64. The Morgan fingerprint density at radius 1 is 1.17 bits per heavy atom. The molecule has 0 aliphatic heterocycles. The van der Waals surface area contributed by atoms with Crippen LogP contribution in [0.25, 0.3) is 11.5 Å². The van der Waals surface area contributed by atoms with E-state index in [1.165, 1.54) is 0 Å². The zero-order valence-electron chi connectivity index (χ0n) is 12.6. The Hall–Kier alpha value is -2.82. The molecule has 1 atom stereocenters. The molecule has 0 saturated heterocycles.